The van der Waals surface area contributed by atoms with Gasteiger partial charge in [-0.25, -0.2) is 9.79 Å². The minimum atomic E-state index is -1.04. The zero-order valence-electron chi connectivity index (χ0n) is 4.37. The smallest absolute Gasteiger partial charge is 0.354 e. The maximum absolute atomic E-state index is 10.1. The molecule has 4 heteroatoms. The van der Waals surface area contributed by atoms with Crippen molar-refractivity contribution in [3.05, 3.63) is 12.2 Å². The standard InChI is InChI=1S/C5H3NO2S/c7-5(8)3-1-2-4(9)6-3/h1-2H,(H,7,8). The number of aliphatic carboxylic acids is 1. The maximum atomic E-state index is 10.1. The second kappa shape index (κ2) is 2.06. The van der Waals surface area contributed by atoms with Gasteiger partial charge in [0.15, 0.2) is 0 Å². The number of rotatable bonds is 1. The van der Waals surface area contributed by atoms with E-state index in [2.05, 4.69) is 17.2 Å². The summed E-state index contributed by atoms with van der Waals surface area (Å²) < 4.78 is 0. The van der Waals surface area contributed by atoms with Crippen molar-refractivity contribution in [1.29, 1.82) is 0 Å². The number of nitrogens with zero attached hydrogens (tertiary/aromatic N) is 1. The molecule has 1 rings (SSSR count). The molecule has 0 radical (unpaired) electrons. The fourth-order valence-electron chi connectivity index (χ4n) is 0.463. The number of hydrogen-bond acceptors (Lipinski definition) is 2. The van der Waals surface area contributed by atoms with Crippen molar-refractivity contribution in [2.45, 2.75) is 0 Å². The van der Waals surface area contributed by atoms with Crippen LogP contribution in [-0.4, -0.2) is 21.8 Å². The molecule has 0 saturated carbocycles. The minimum absolute atomic E-state index is 0.0139. The number of hydrogen-bond donors (Lipinski definition) is 1. The topological polar surface area (TPSA) is 49.7 Å². The van der Waals surface area contributed by atoms with Crippen LogP contribution in [0, 0.1) is 0 Å². The molecular weight excluding hydrogens is 138 g/mol. The lowest BCUT2D eigenvalue weighted by atomic mass is 10.4. The summed E-state index contributed by atoms with van der Waals surface area (Å²) in [6.07, 6.45) is 2.86. The largest absolute Gasteiger partial charge is 0.477 e. The molecule has 1 aliphatic heterocycles. The number of thiocarbonyl (C=S) groups is 1. The highest BCUT2D eigenvalue weighted by Crippen LogP contribution is 1.97. The summed E-state index contributed by atoms with van der Waals surface area (Å²) in [4.78, 5) is 14.0. The Labute approximate surface area is 56.7 Å². The fourth-order valence-corrected chi connectivity index (χ4v) is 0.629. The Bertz CT molecular complexity index is 229. The monoisotopic (exact) mass is 141 g/mol. The lowest BCUT2D eigenvalue weighted by Crippen LogP contribution is -2.07. The lowest BCUT2D eigenvalue weighted by molar-refractivity contribution is -0.129. The first-order chi connectivity index (χ1) is 4.20. The number of carbonyl (C=O) groups is 1. The average Bonchev–Trinajstić information content (AvgIpc) is 2.14. The van der Waals surface area contributed by atoms with Gasteiger partial charge in [0.25, 0.3) is 0 Å². The zero-order chi connectivity index (χ0) is 6.85. The van der Waals surface area contributed by atoms with E-state index in [1.807, 2.05) is 0 Å². The van der Waals surface area contributed by atoms with Gasteiger partial charge in [0.2, 0.25) is 0 Å². The molecule has 3 nitrogen and oxygen atoms in total. The Hall–Kier alpha value is -1.03. The molecule has 1 N–H and O–H groups in total. The molecule has 9 heavy (non-hydrogen) atoms. The molecule has 0 aromatic heterocycles. The fraction of sp³-hybridized carbons (Fsp3) is 0. The van der Waals surface area contributed by atoms with Crippen molar-refractivity contribution < 1.29 is 9.90 Å². The molecule has 0 amide bonds. The van der Waals surface area contributed by atoms with E-state index in [4.69, 9.17) is 5.11 Å². The Morgan fingerprint density at radius 3 is 2.56 bits per heavy atom. The maximum Gasteiger partial charge on any atom is 0.354 e. The quantitative estimate of drug-likeness (QED) is 0.538. The minimum Gasteiger partial charge on any atom is -0.477 e. The number of carboxylic acids is 1. The molecular formula is C5H3NO2S. The van der Waals surface area contributed by atoms with E-state index >= 15 is 0 Å². The van der Waals surface area contributed by atoms with Crippen molar-refractivity contribution in [1.82, 2.24) is 0 Å². The van der Waals surface area contributed by atoms with Gasteiger partial charge < -0.3 is 5.11 Å². The molecule has 0 aliphatic carbocycles. The van der Waals surface area contributed by atoms with Gasteiger partial charge in [-0.2, -0.15) is 0 Å². The van der Waals surface area contributed by atoms with Crippen LogP contribution >= 0.6 is 12.2 Å². The van der Waals surface area contributed by atoms with E-state index in [9.17, 15) is 4.79 Å². The Kier molecular flexibility index (Phi) is 1.40. The highest BCUT2D eigenvalue weighted by molar-refractivity contribution is 7.80. The van der Waals surface area contributed by atoms with Crippen LogP contribution in [0.25, 0.3) is 0 Å². The molecule has 1 aliphatic rings. The SMILES string of the molecule is O=C(O)C1=NC(=S)C=C1. The predicted octanol–water partition coefficient (Wildman–Crippen LogP) is 0.409. The second-order valence-corrected chi connectivity index (χ2v) is 1.89. The normalized spacial score (nSPS) is 16.0. The molecule has 0 aromatic rings. The Balaban J connectivity index is 2.88. The van der Waals surface area contributed by atoms with Gasteiger partial charge in [-0.15, -0.1) is 0 Å². The van der Waals surface area contributed by atoms with Crippen molar-refractivity contribution in [2.75, 3.05) is 0 Å². The zero-order valence-corrected chi connectivity index (χ0v) is 5.18. The van der Waals surface area contributed by atoms with Gasteiger partial charge >= 0.3 is 5.97 Å². The van der Waals surface area contributed by atoms with Gasteiger partial charge in [-0.05, 0) is 12.2 Å². The Morgan fingerprint density at radius 2 is 2.33 bits per heavy atom. The van der Waals surface area contributed by atoms with Gasteiger partial charge in [-0.1, -0.05) is 12.2 Å². The first kappa shape index (κ1) is 6.10. The molecule has 1 heterocycles. The summed E-state index contributed by atoms with van der Waals surface area (Å²) in [7, 11) is 0. The Morgan fingerprint density at radius 1 is 1.67 bits per heavy atom. The number of carboxylic acid groups (broad SMARTS) is 1. The third-order valence-corrected chi connectivity index (χ3v) is 1.06. The van der Waals surface area contributed by atoms with Gasteiger partial charge in [0, 0.05) is 0 Å². The summed E-state index contributed by atoms with van der Waals surface area (Å²) in [5.74, 6) is -1.04. The van der Waals surface area contributed by atoms with E-state index in [0.717, 1.165) is 0 Å². The van der Waals surface area contributed by atoms with Gasteiger partial charge in [-0.3, -0.25) is 0 Å². The third kappa shape index (κ3) is 1.20. The summed E-state index contributed by atoms with van der Waals surface area (Å²) in [6.45, 7) is 0. The van der Waals surface area contributed by atoms with Gasteiger partial charge in [0.05, 0.1) is 0 Å². The van der Waals surface area contributed by atoms with E-state index in [1.54, 1.807) is 0 Å². The lowest BCUT2D eigenvalue weighted by Gasteiger charge is -1.82. The third-order valence-electron chi connectivity index (χ3n) is 0.834. The molecule has 0 aromatic carbocycles. The van der Waals surface area contributed by atoms with Crippen molar-refractivity contribution in [3.63, 3.8) is 0 Å². The predicted molar refractivity (Wildman–Crippen MR) is 36.8 cm³/mol. The van der Waals surface area contributed by atoms with Gasteiger partial charge in [0.1, 0.15) is 10.7 Å². The highest BCUT2D eigenvalue weighted by atomic mass is 32.1. The first-order valence-corrected chi connectivity index (χ1v) is 2.65. The molecule has 0 saturated heterocycles. The molecule has 0 bridgehead atoms. The molecule has 0 spiro atoms. The van der Waals surface area contributed by atoms with Crippen LogP contribution in [0.4, 0.5) is 0 Å². The van der Waals surface area contributed by atoms with E-state index in [1.165, 1.54) is 12.2 Å². The van der Waals surface area contributed by atoms with Crippen LogP contribution in [0.5, 0.6) is 0 Å². The van der Waals surface area contributed by atoms with Crippen molar-refractivity contribution >= 4 is 28.9 Å². The molecule has 46 valence electrons. The average molecular weight is 141 g/mol. The molecule has 0 fully saturated rings. The van der Waals surface area contributed by atoms with Crippen LogP contribution in [0.15, 0.2) is 17.1 Å². The van der Waals surface area contributed by atoms with E-state index in [0.29, 0.717) is 4.99 Å². The van der Waals surface area contributed by atoms with Crippen LogP contribution in [-0.2, 0) is 4.79 Å². The van der Waals surface area contributed by atoms with Crippen LogP contribution in [0.3, 0.4) is 0 Å². The van der Waals surface area contributed by atoms with Crippen LogP contribution in [0.2, 0.25) is 0 Å². The van der Waals surface area contributed by atoms with Crippen LogP contribution in [0.1, 0.15) is 0 Å². The second-order valence-electron chi connectivity index (χ2n) is 1.47. The summed E-state index contributed by atoms with van der Waals surface area (Å²) in [5.41, 5.74) is 0.0139. The number of aliphatic imine (C=N–C) groups is 1. The summed E-state index contributed by atoms with van der Waals surface area (Å²) in [6, 6.07) is 0. The van der Waals surface area contributed by atoms with Crippen molar-refractivity contribution in [2.24, 2.45) is 4.99 Å². The van der Waals surface area contributed by atoms with Crippen LogP contribution < -0.4 is 0 Å². The van der Waals surface area contributed by atoms with E-state index in [-0.39, 0.29) is 5.71 Å². The molecule has 0 unspecified atom stereocenters. The van der Waals surface area contributed by atoms with Crippen molar-refractivity contribution in [3.8, 4) is 0 Å². The summed E-state index contributed by atoms with van der Waals surface area (Å²) in [5, 5.41) is 8.29. The molecule has 0 atom stereocenters. The first-order valence-electron chi connectivity index (χ1n) is 2.24. The van der Waals surface area contributed by atoms with E-state index < -0.39 is 5.97 Å². The summed E-state index contributed by atoms with van der Waals surface area (Å²) >= 11 is 4.58. The highest BCUT2D eigenvalue weighted by Gasteiger charge is 2.09.